The zero-order valence-corrected chi connectivity index (χ0v) is 29.4. The van der Waals surface area contributed by atoms with Crippen molar-refractivity contribution < 1.29 is 14.3 Å². The van der Waals surface area contributed by atoms with E-state index >= 15 is 0 Å². The Morgan fingerprint density at radius 2 is 1.80 bits per heavy atom. The molecule has 2 aromatic carbocycles. The number of likely N-dealkylation sites (tertiary alicyclic amines) is 1. The van der Waals surface area contributed by atoms with Gasteiger partial charge in [-0.3, -0.25) is 24.3 Å². The maximum atomic E-state index is 14.3. The van der Waals surface area contributed by atoms with Crippen molar-refractivity contribution in [2.75, 3.05) is 44.2 Å². The van der Waals surface area contributed by atoms with E-state index in [2.05, 4.69) is 66.6 Å². The van der Waals surface area contributed by atoms with Crippen LogP contribution in [0, 0.1) is 5.41 Å². The Morgan fingerprint density at radius 1 is 0.980 bits per heavy atom. The minimum atomic E-state index is -0.477. The molecule has 1 N–H and O–H groups in total. The second-order valence-electron chi connectivity index (χ2n) is 14.3. The molecule has 0 bridgehead atoms. The summed E-state index contributed by atoms with van der Waals surface area (Å²) in [4.78, 5) is 42.6. The topological polar surface area (TPSA) is 125 Å². The number of aromatic nitrogens is 6. The molecule has 1 spiro atoms. The van der Waals surface area contributed by atoms with Gasteiger partial charge in [0.05, 0.1) is 23.6 Å². The molecule has 12 heteroatoms. The molecule has 3 aliphatic rings. The van der Waals surface area contributed by atoms with Crippen molar-refractivity contribution in [1.29, 1.82) is 0 Å². The minimum absolute atomic E-state index is 0.0446. The first-order valence-corrected chi connectivity index (χ1v) is 17.8. The molecule has 1 unspecified atom stereocenters. The highest BCUT2D eigenvalue weighted by atomic mass is 16.5. The molecule has 0 saturated carbocycles. The lowest BCUT2D eigenvalue weighted by atomic mass is 9.78. The van der Waals surface area contributed by atoms with Crippen molar-refractivity contribution >= 4 is 34.0 Å². The zero-order valence-electron chi connectivity index (χ0n) is 29.4. The van der Waals surface area contributed by atoms with E-state index in [1.54, 1.807) is 17.2 Å². The normalized spacial score (nSPS) is 19.8. The maximum Gasteiger partial charge on any atom is 0.237 e. The van der Waals surface area contributed by atoms with Crippen LogP contribution in [0.1, 0.15) is 45.1 Å². The third kappa shape index (κ3) is 6.51. The maximum absolute atomic E-state index is 14.3. The van der Waals surface area contributed by atoms with Crippen LogP contribution in [-0.2, 0) is 16.6 Å². The summed E-state index contributed by atoms with van der Waals surface area (Å²) in [6.07, 6.45) is 9.01. The van der Waals surface area contributed by atoms with Crippen LogP contribution in [-0.4, -0.2) is 96.9 Å². The Morgan fingerprint density at radius 3 is 2.53 bits per heavy atom. The summed E-state index contributed by atoms with van der Waals surface area (Å²) in [5.74, 6) is 1.56. The molecule has 2 fully saturated rings. The molecule has 51 heavy (non-hydrogen) atoms. The van der Waals surface area contributed by atoms with E-state index in [1.165, 1.54) is 5.57 Å². The van der Waals surface area contributed by atoms with Crippen LogP contribution in [0.3, 0.4) is 0 Å². The Labute approximate surface area is 297 Å². The number of carbonyl (C=O) groups excluding carboxylic acids is 2. The van der Waals surface area contributed by atoms with Gasteiger partial charge in [0.25, 0.3) is 0 Å². The van der Waals surface area contributed by atoms with E-state index in [4.69, 9.17) is 4.74 Å². The van der Waals surface area contributed by atoms with Gasteiger partial charge in [-0.2, -0.15) is 10.2 Å². The lowest BCUT2D eigenvalue weighted by Gasteiger charge is -2.39. The quantitative estimate of drug-likeness (QED) is 0.232. The van der Waals surface area contributed by atoms with Crippen LogP contribution in [0.2, 0.25) is 0 Å². The van der Waals surface area contributed by atoms with Crippen LogP contribution >= 0.6 is 0 Å². The second-order valence-corrected chi connectivity index (χ2v) is 14.3. The number of rotatable bonds is 8. The van der Waals surface area contributed by atoms with Crippen LogP contribution in [0.15, 0.2) is 73.2 Å². The van der Waals surface area contributed by atoms with E-state index in [0.29, 0.717) is 44.4 Å². The van der Waals surface area contributed by atoms with Crippen molar-refractivity contribution in [3.63, 3.8) is 0 Å². The minimum Gasteiger partial charge on any atom is -0.475 e. The number of benzene rings is 2. The van der Waals surface area contributed by atoms with Crippen LogP contribution in [0.25, 0.3) is 39.1 Å². The summed E-state index contributed by atoms with van der Waals surface area (Å²) < 4.78 is 7.41. The van der Waals surface area contributed by atoms with Crippen molar-refractivity contribution in [3.8, 4) is 28.5 Å². The third-order valence-electron chi connectivity index (χ3n) is 10.4. The van der Waals surface area contributed by atoms with Crippen LogP contribution in [0.5, 0.6) is 5.88 Å². The van der Waals surface area contributed by atoms with Crippen LogP contribution in [0.4, 0.5) is 5.69 Å². The summed E-state index contributed by atoms with van der Waals surface area (Å²) in [5.41, 5.74) is 6.35. The average Bonchev–Trinajstić information content (AvgIpc) is 3.88. The molecule has 262 valence electrons. The van der Waals surface area contributed by atoms with Gasteiger partial charge in [0.2, 0.25) is 17.7 Å². The van der Waals surface area contributed by atoms with Gasteiger partial charge in [0, 0.05) is 67.7 Å². The van der Waals surface area contributed by atoms with Crippen molar-refractivity contribution in [2.45, 2.75) is 45.6 Å². The zero-order chi connectivity index (χ0) is 35.1. The molecule has 3 aliphatic heterocycles. The number of aromatic amines is 1. The predicted octanol–water partition coefficient (Wildman–Crippen LogP) is 5.34. The van der Waals surface area contributed by atoms with Crippen molar-refractivity contribution in [1.82, 2.24) is 39.7 Å². The fraction of sp³-hybridized carbons (Fsp3) is 0.385. The number of fused-ring (bicyclic) bond motifs is 1. The summed E-state index contributed by atoms with van der Waals surface area (Å²) >= 11 is 0. The molecule has 1 atom stereocenters. The number of carbonyl (C=O) groups is 2. The first-order chi connectivity index (χ1) is 24.7. The van der Waals surface area contributed by atoms with Gasteiger partial charge in [-0.1, -0.05) is 30.3 Å². The third-order valence-corrected chi connectivity index (χ3v) is 10.4. The predicted molar refractivity (Wildman–Crippen MR) is 196 cm³/mol. The fourth-order valence-corrected chi connectivity index (χ4v) is 7.76. The smallest absolute Gasteiger partial charge is 0.237 e. The lowest BCUT2D eigenvalue weighted by Crippen LogP contribution is -2.51. The SMILES string of the molecule is CC(C)Oc1ccc(-c2n[nH]c3ccc(N4CCCC5(CCN(CC(=O)N6CC=C(c7ccc(-c8ncn(C)n8)cc7)CC6)C5)C4=O)cc23)cn1. The number of hydrogen-bond donors (Lipinski definition) is 1. The number of anilines is 1. The molecule has 0 radical (unpaired) electrons. The van der Waals surface area contributed by atoms with E-state index in [0.717, 1.165) is 71.2 Å². The second kappa shape index (κ2) is 13.4. The summed E-state index contributed by atoms with van der Waals surface area (Å²) in [5, 5.41) is 13.0. The first kappa shape index (κ1) is 32.8. The number of aryl methyl sites for hydroxylation is 1. The average molecular weight is 686 g/mol. The van der Waals surface area contributed by atoms with E-state index < -0.39 is 5.41 Å². The summed E-state index contributed by atoms with van der Waals surface area (Å²) in [7, 11) is 1.86. The first-order valence-electron chi connectivity index (χ1n) is 17.8. The van der Waals surface area contributed by atoms with Gasteiger partial charge in [0.15, 0.2) is 5.82 Å². The highest BCUT2D eigenvalue weighted by Crippen LogP contribution is 2.42. The van der Waals surface area contributed by atoms with Gasteiger partial charge in [-0.05, 0) is 81.5 Å². The van der Waals surface area contributed by atoms with E-state index in [-0.39, 0.29) is 17.9 Å². The number of H-pyrrole nitrogens is 1. The molecule has 3 aromatic heterocycles. The number of pyridine rings is 1. The fourth-order valence-electron chi connectivity index (χ4n) is 7.76. The highest BCUT2D eigenvalue weighted by Gasteiger charge is 2.49. The number of amides is 2. The Hall–Kier alpha value is -5.36. The lowest BCUT2D eigenvalue weighted by molar-refractivity contribution is -0.133. The highest BCUT2D eigenvalue weighted by molar-refractivity contribution is 6.02. The van der Waals surface area contributed by atoms with E-state index in [9.17, 15) is 9.59 Å². The van der Waals surface area contributed by atoms with Gasteiger partial charge in [0.1, 0.15) is 12.0 Å². The summed E-state index contributed by atoms with van der Waals surface area (Å²) in [6.45, 7) is 7.58. The summed E-state index contributed by atoms with van der Waals surface area (Å²) in [6, 6.07) is 18.2. The molecule has 8 rings (SSSR count). The van der Waals surface area contributed by atoms with Crippen molar-refractivity contribution in [3.05, 3.63) is 78.8 Å². The molecule has 0 aliphatic carbocycles. The number of hydrogen-bond acceptors (Lipinski definition) is 8. The standard InChI is InChI=1S/C39H43N9O3/c1-26(2)51-34-12-9-30(22-40-34)36-32-21-31(10-11-33(32)42-43-36)48-17-4-15-39(38(48)50)16-20-46(24-39)23-35(49)47-18-13-28(14-19-47)27-5-7-29(8-6-27)37-41-25-45(3)44-37/h5-13,21-22,25-26H,4,14-20,23-24H2,1-3H3,(H,42,43). The Balaban J connectivity index is 0.903. The monoisotopic (exact) mass is 685 g/mol. The number of nitrogens with zero attached hydrogens (tertiary/aromatic N) is 8. The Kier molecular flexibility index (Phi) is 8.63. The Bertz CT molecular complexity index is 2100. The van der Waals surface area contributed by atoms with Gasteiger partial charge < -0.3 is 14.5 Å². The van der Waals surface area contributed by atoms with Gasteiger partial charge in [-0.25, -0.2) is 9.97 Å². The van der Waals surface area contributed by atoms with Crippen LogP contribution < -0.4 is 9.64 Å². The van der Waals surface area contributed by atoms with Gasteiger partial charge >= 0.3 is 0 Å². The van der Waals surface area contributed by atoms with E-state index in [1.807, 2.05) is 55.0 Å². The number of nitrogens with one attached hydrogen (secondary N) is 1. The van der Waals surface area contributed by atoms with Crippen molar-refractivity contribution in [2.24, 2.45) is 12.5 Å². The molecule has 12 nitrogen and oxygen atoms in total. The van der Waals surface area contributed by atoms with Gasteiger partial charge in [-0.15, -0.1) is 0 Å². The molecular weight excluding hydrogens is 642 g/mol. The number of piperidine rings is 1. The molecule has 2 amide bonds. The largest absolute Gasteiger partial charge is 0.475 e. The molecular formula is C39H43N9O3. The number of ether oxygens (including phenoxy) is 1. The molecule has 5 aromatic rings. The molecule has 2 saturated heterocycles. The molecule has 6 heterocycles.